The van der Waals surface area contributed by atoms with Gasteiger partial charge in [0.25, 0.3) is 0 Å². The maximum atomic E-state index is 13.9. The number of aryl methyl sites for hydroxylation is 1. The molecule has 0 heterocycles. The molecular weight excluding hydrogens is 506 g/mol. The Hall–Kier alpha value is -3.00. The summed E-state index contributed by atoms with van der Waals surface area (Å²) in [6.07, 6.45) is 4.34. The second-order valence-corrected chi connectivity index (χ2v) is 12.8. The second-order valence-electron chi connectivity index (χ2n) is 10.9. The van der Waals surface area contributed by atoms with Crippen LogP contribution in [0.25, 0.3) is 11.1 Å². The van der Waals surface area contributed by atoms with Crippen LogP contribution in [-0.4, -0.2) is 44.8 Å². The molecule has 39 heavy (non-hydrogen) atoms. The zero-order chi connectivity index (χ0) is 27.8. The summed E-state index contributed by atoms with van der Waals surface area (Å²) >= 11 is 0. The van der Waals surface area contributed by atoms with E-state index in [0.29, 0.717) is 24.9 Å². The molecule has 6 nitrogen and oxygen atoms in total. The van der Waals surface area contributed by atoms with Gasteiger partial charge in [0.15, 0.2) is 0 Å². The minimum absolute atomic E-state index is 0.0799. The molecule has 3 aromatic rings. The summed E-state index contributed by atoms with van der Waals surface area (Å²) in [6, 6.07) is 24.8. The molecule has 0 aliphatic heterocycles. The predicted molar refractivity (Wildman–Crippen MR) is 158 cm³/mol. The van der Waals surface area contributed by atoms with E-state index in [0.717, 1.165) is 47.9 Å². The molecule has 0 saturated heterocycles. The van der Waals surface area contributed by atoms with E-state index in [1.165, 1.54) is 4.31 Å². The van der Waals surface area contributed by atoms with E-state index in [9.17, 15) is 13.2 Å². The number of nitrogens with one attached hydrogen (secondary N) is 1. The van der Waals surface area contributed by atoms with Crippen molar-refractivity contribution >= 4 is 15.9 Å². The van der Waals surface area contributed by atoms with E-state index >= 15 is 0 Å². The van der Waals surface area contributed by atoms with Gasteiger partial charge in [0.1, 0.15) is 0 Å². The average Bonchev–Trinajstić information content (AvgIpc) is 2.96. The molecule has 1 aliphatic rings. The summed E-state index contributed by atoms with van der Waals surface area (Å²) < 4.78 is 29.1. The third kappa shape index (κ3) is 7.56. The summed E-state index contributed by atoms with van der Waals surface area (Å²) in [7, 11) is -3.91. The van der Waals surface area contributed by atoms with Crippen molar-refractivity contribution in [3.63, 3.8) is 0 Å². The first kappa shape index (κ1) is 29.0. The van der Waals surface area contributed by atoms with Gasteiger partial charge in [-0.15, -0.1) is 0 Å². The summed E-state index contributed by atoms with van der Waals surface area (Å²) in [5.74, 6) is 0.541. The molecule has 1 aliphatic carbocycles. The lowest BCUT2D eigenvalue weighted by molar-refractivity contribution is -0.121. The Morgan fingerprint density at radius 1 is 0.974 bits per heavy atom. The summed E-state index contributed by atoms with van der Waals surface area (Å²) in [4.78, 5) is 13.3. The maximum absolute atomic E-state index is 13.9. The molecule has 1 amide bonds. The minimum Gasteiger partial charge on any atom is -0.355 e. The summed E-state index contributed by atoms with van der Waals surface area (Å²) in [5.41, 5.74) is 10.0. The highest BCUT2D eigenvalue weighted by Crippen LogP contribution is 2.29. The fourth-order valence-corrected chi connectivity index (χ4v) is 7.05. The van der Waals surface area contributed by atoms with Gasteiger partial charge < -0.3 is 11.1 Å². The van der Waals surface area contributed by atoms with Crippen LogP contribution in [0.2, 0.25) is 0 Å². The van der Waals surface area contributed by atoms with Crippen molar-refractivity contribution < 1.29 is 13.2 Å². The first-order valence-electron chi connectivity index (χ1n) is 14.0. The SMILES string of the molecule is Cc1ccccc1-c1ccc(S(=O)(=O)N(CC(=O)NCC2CCCC(CN)C2)C[C@H](C)c2ccccc2)cc1. The van der Waals surface area contributed by atoms with Gasteiger partial charge >= 0.3 is 0 Å². The lowest BCUT2D eigenvalue weighted by atomic mass is 9.81. The normalized spacial score (nSPS) is 18.6. The van der Waals surface area contributed by atoms with Crippen LogP contribution in [0.15, 0.2) is 83.8 Å². The Labute approximate surface area is 233 Å². The fourth-order valence-electron chi connectivity index (χ4n) is 5.57. The van der Waals surface area contributed by atoms with Gasteiger partial charge in [0.2, 0.25) is 15.9 Å². The number of nitrogens with two attached hydrogens (primary N) is 1. The number of carbonyl (C=O) groups excluding carboxylic acids is 1. The lowest BCUT2D eigenvalue weighted by Gasteiger charge is -2.29. The van der Waals surface area contributed by atoms with Gasteiger partial charge in [-0.2, -0.15) is 4.31 Å². The van der Waals surface area contributed by atoms with E-state index in [-0.39, 0.29) is 29.8 Å². The lowest BCUT2D eigenvalue weighted by Crippen LogP contribution is -2.43. The van der Waals surface area contributed by atoms with Crippen molar-refractivity contribution in [3.05, 3.63) is 90.0 Å². The maximum Gasteiger partial charge on any atom is 0.243 e. The van der Waals surface area contributed by atoms with Gasteiger partial charge in [-0.05, 0) is 84.9 Å². The predicted octanol–water partition coefficient (Wildman–Crippen LogP) is 5.34. The van der Waals surface area contributed by atoms with Crippen molar-refractivity contribution in [2.24, 2.45) is 17.6 Å². The van der Waals surface area contributed by atoms with Gasteiger partial charge in [-0.3, -0.25) is 4.79 Å². The molecule has 0 radical (unpaired) electrons. The number of hydrogen-bond acceptors (Lipinski definition) is 4. The number of rotatable bonds is 11. The number of amides is 1. The third-order valence-corrected chi connectivity index (χ3v) is 9.75. The second kappa shape index (κ2) is 13.4. The molecule has 4 rings (SSSR count). The van der Waals surface area contributed by atoms with Crippen LogP contribution in [0.3, 0.4) is 0 Å². The summed E-state index contributed by atoms with van der Waals surface area (Å²) in [6.45, 7) is 5.25. The Morgan fingerprint density at radius 2 is 1.64 bits per heavy atom. The molecule has 208 valence electrons. The highest BCUT2D eigenvalue weighted by molar-refractivity contribution is 7.89. The first-order valence-corrected chi connectivity index (χ1v) is 15.4. The van der Waals surface area contributed by atoms with Gasteiger partial charge in [0, 0.05) is 13.1 Å². The zero-order valence-corrected chi connectivity index (χ0v) is 23.9. The zero-order valence-electron chi connectivity index (χ0n) is 23.1. The molecule has 2 unspecified atom stereocenters. The van der Waals surface area contributed by atoms with Crippen LogP contribution in [0, 0.1) is 18.8 Å². The Balaban J connectivity index is 1.52. The Kier molecular flexibility index (Phi) is 9.94. The van der Waals surface area contributed by atoms with Crippen molar-refractivity contribution in [1.29, 1.82) is 0 Å². The smallest absolute Gasteiger partial charge is 0.243 e. The Bertz CT molecular complexity index is 1330. The van der Waals surface area contributed by atoms with E-state index in [4.69, 9.17) is 5.73 Å². The number of hydrogen-bond donors (Lipinski definition) is 2. The molecule has 1 saturated carbocycles. The van der Waals surface area contributed by atoms with E-state index < -0.39 is 10.0 Å². The van der Waals surface area contributed by atoms with Crippen molar-refractivity contribution in [3.8, 4) is 11.1 Å². The quantitative estimate of drug-likeness (QED) is 0.339. The molecular formula is C32H41N3O3S. The van der Waals surface area contributed by atoms with Crippen molar-refractivity contribution in [2.45, 2.75) is 50.3 Å². The van der Waals surface area contributed by atoms with Gasteiger partial charge in [-0.1, -0.05) is 80.1 Å². The van der Waals surface area contributed by atoms with Crippen molar-refractivity contribution in [1.82, 2.24) is 9.62 Å². The number of nitrogens with zero attached hydrogens (tertiary/aromatic N) is 1. The molecule has 3 N–H and O–H groups in total. The monoisotopic (exact) mass is 547 g/mol. The van der Waals surface area contributed by atoms with Gasteiger partial charge in [0.05, 0.1) is 11.4 Å². The van der Waals surface area contributed by atoms with E-state index in [1.807, 2.05) is 80.6 Å². The Morgan fingerprint density at radius 3 is 2.33 bits per heavy atom. The van der Waals surface area contributed by atoms with Crippen LogP contribution < -0.4 is 11.1 Å². The topological polar surface area (TPSA) is 92.5 Å². The molecule has 0 spiro atoms. The largest absolute Gasteiger partial charge is 0.355 e. The molecule has 3 atom stereocenters. The van der Waals surface area contributed by atoms with Crippen LogP contribution in [0.4, 0.5) is 0 Å². The standard InChI is InChI=1S/C32H41N3O3S/c1-24-9-6-7-14-31(24)29-15-17-30(18-16-29)39(37,38)35(22-25(2)28-12-4-3-5-13-28)23-32(36)34-21-27-11-8-10-26(19-27)20-33/h3-7,9,12-18,25-27H,8,10-11,19-23,33H2,1-2H3,(H,34,36)/t25-,26?,27?/m0/s1. The molecule has 0 aromatic heterocycles. The molecule has 3 aromatic carbocycles. The number of carbonyl (C=O) groups is 1. The number of sulfonamides is 1. The van der Waals surface area contributed by atoms with Crippen LogP contribution in [0.1, 0.15) is 49.7 Å². The van der Waals surface area contributed by atoms with Crippen LogP contribution >= 0.6 is 0 Å². The average molecular weight is 548 g/mol. The highest BCUT2D eigenvalue weighted by Gasteiger charge is 2.29. The first-order chi connectivity index (χ1) is 18.8. The van der Waals surface area contributed by atoms with Gasteiger partial charge in [-0.25, -0.2) is 8.42 Å². The highest BCUT2D eigenvalue weighted by atomic mass is 32.2. The fraction of sp³-hybridized carbons (Fsp3) is 0.406. The summed E-state index contributed by atoms with van der Waals surface area (Å²) in [5, 5.41) is 3.02. The van der Waals surface area contributed by atoms with Crippen molar-refractivity contribution in [2.75, 3.05) is 26.2 Å². The third-order valence-electron chi connectivity index (χ3n) is 7.93. The molecule has 7 heteroatoms. The minimum atomic E-state index is -3.91. The molecule has 1 fully saturated rings. The molecule has 0 bridgehead atoms. The van der Waals surface area contributed by atoms with E-state index in [2.05, 4.69) is 5.32 Å². The number of benzene rings is 3. The van der Waals surface area contributed by atoms with Crippen LogP contribution in [0.5, 0.6) is 0 Å². The van der Waals surface area contributed by atoms with Crippen LogP contribution in [-0.2, 0) is 14.8 Å². The van der Waals surface area contributed by atoms with E-state index in [1.54, 1.807) is 12.1 Å².